The van der Waals surface area contributed by atoms with E-state index < -0.39 is 0 Å². The average molecular weight is 247 g/mol. The molecule has 0 bridgehead atoms. The Hall–Kier alpha value is -1.02. The van der Waals surface area contributed by atoms with E-state index in [1.165, 1.54) is 31.2 Å². The smallest absolute Gasteiger partial charge is 0.119 e. The number of hydrogen-bond donors (Lipinski definition) is 1. The topological polar surface area (TPSA) is 35.2 Å². The summed E-state index contributed by atoms with van der Waals surface area (Å²) in [5, 5.41) is 0. The minimum absolute atomic E-state index is 0.192. The van der Waals surface area contributed by atoms with Gasteiger partial charge in [-0.3, -0.25) is 0 Å². The molecule has 2 nitrogen and oxygen atoms in total. The predicted octanol–water partition coefficient (Wildman–Crippen LogP) is 3.91. The molecule has 1 aliphatic carbocycles. The van der Waals surface area contributed by atoms with Crippen molar-refractivity contribution in [3.8, 4) is 5.75 Å². The SMILES string of the molecule is CCOc1ccc(C(N)C2CCC(CC)C2)cc1. The molecule has 0 radical (unpaired) electrons. The van der Waals surface area contributed by atoms with Crippen LogP contribution in [0.3, 0.4) is 0 Å². The van der Waals surface area contributed by atoms with Gasteiger partial charge in [0.05, 0.1) is 6.61 Å². The van der Waals surface area contributed by atoms with Crippen LogP contribution in [-0.2, 0) is 0 Å². The Morgan fingerprint density at radius 2 is 1.94 bits per heavy atom. The quantitative estimate of drug-likeness (QED) is 0.856. The summed E-state index contributed by atoms with van der Waals surface area (Å²) in [4.78, 5) is 0. The highest BCUT2D eigenvalue weighted by atomic mass is 16.5. The molecule has 0 heterocycles. The molecular formula is C16H25NO. The minimum Gasteiger partial charge on any atom is -0.494 e. The van der Waals surface area contributed by atoms with Crippen LogP contribution < -0.4 is 10.5 Å². The molecule has 3 atom stereocenters. The maximum Gasteiger partial charge on any atom is 0.119 e. The van der Waals surface area contributed by atoms with Crippen LogP contribution in [0.5, 0.6) is 5.75 Å². The lowest BCUT2D eigenvalue weighted by atomic mass is 9.91. The van der Waals surface area contributed by atoms with E-state index in [1.54, 1.807) is 0 Å². The van der Waals surface area contributed by atoms with Gasteiger partial charge >= 0.3 is 0 Å². The standard InChI is InChI=1S/C16H25NO/c1-3-12-5-6-14(11-12)16(17)13-7-9-15(10-8-13)18-4-2/h7-10,12,14,16H,3-6,11,17H2,1-2H3. The van der Waals surface area contributed by atoms with Gasteiger partial charge in [0.25, 0.3) is 0 Å². The summed E-state index contributed by atoms with van der Waals surface area (Å²) >= 11 is 0. The fourth-order valence-electron chi connectivity index (χ4n) is 3.04. The van der Waals surface area contributed by atoms with Crippen LogP contribution in [0.2, 0.25) is 0 Å². The van der Waals surface area contributed by atoms with Crippen molar-refractivity contribution in [2.75, 3.05) is 6.61 Å². The van der Waals surface area contributed by atoms with Crippen LogP contribution in [0.15, 0.2) is 24.3 Å². The molecule has 0 aromatic heterocycles. The molecule has 1 aromatic carbocycles. The van der Waals surface area contributed by atoms with Crippen molar-refractivity contribution < 1.29 is 4.74 Å². The van der Waals surface area contributed by atoms with Gasteiger partial charge in [0, 0.05) is 6.04 Å². The highest BCUT2D eigenvalue weighted by Crippen LogP contribution is 2.39. The third kappa shape index (κ3) is 3.05. The molecule has 2 N–H and O–H groups in total. The van der Waals surface area contributed by atoms with Gasteiger partial charge in [0.1, 0.15) is 5.75 Å². The Kier molecular flexibility index (Phi) is 4.65. The summed E-state index contributed by atoms with van der Waals surface area (Å²) in [7, 11) is 0. The summed E-state index contributed by atoms with van der Waals surface area (Å²) in [5.74, 6) is 2.49. The van der Waals surface area contributed by atoms with Gasteiger partial charge in [-0.2, -0.15) is 0 Å². The lowest BCUT2D eigenvalue weighted by Gasteiger charge is -2.20. The highest BCUT2D eigenvalue weighted by molar-refractivity contribution is 5.29. The van der Waals surface area contributed by atoms with E-state index in [-0.39, 0.29) is 6.04 Å². The molecule has 2 heteroatoms. The molecule has 1 saturated carbocycles. The average Bonchev–Trinajstić information content (AvgIpc) is 2.88. The van der Waals surface area contributed by atoms with Gasteiger partial charge in [-0.05, 0) is 49.3 Å². The molecule has 0 spiro atoms. The fraction of sp³-hybridized carbons (Fsp3) is 0.625. The van der Waals surface area contributed by atoms with E-state index in [0.29, 0.717) is 12.5 Å². The van der Waals surface area contributed by atoms with E-state index in [9.17, 15) is 0 Å². The first kappa shape index (κ1) is 13.4. The Bertz CT molecular complexity index is 360. The zero-order valence-electron chi connectivity index (χ0n) is 11.6. The van der Waals surface area contributed by atoms with Crippen molar-refractivity contribution in [1.29, 1.82) is 0 Å². The second-order valence-corrected chi connectivity index (χ2v) is 5.38. The largest absolute Gasteiger partial charge is 0.494 e. The van der Waals surface area contributed by atoms with Crippen molar-refractivity contribution >= 4 is 0 Å². The van der Waals surface area contributed by atoms with Crippen LogP contribution in [0.25, 0.3) is 0 Å². The van der Waals surface area contributed by atoms with E-state index in [4.69, 9.17) is 10.5 Å². The molecule has 18 heavy (non-hydrogen) atoms. The van der Waals surface area contributed by atoms with Crippen molar-refractivity contribution in [3.63, 3.8) is 0 Å². The fourth-order valence-corrected chi connectivity index (χ4v) is 3.04. The summed E-state index contributed by atoms with van der Waals surface area (Å²) in [5.41, 5.74) is 7.65. The van der Waals surface area contributed by atoms with Crippen LogP contribution in [-0.4, -0.2) is 6.61 Å². The maximum atomic E-state index is 6.40. The molecule has 1 fully saturated rings. The summed E-state index contributed by atoms with van der Waals surface area (Å²) < 4.78 is 5.46. The molecule has 100 valence electrons. The monoisotopic (exact) mass is 247 g/mol. The van der Waals surface area contributed by atoms with Crippen LogP contribution in [0, 0.1) is 11.8 Å². The Morgan fingerprint density at radius 1 is 1.22 bits per heavy atom. The molecular weight excluding hydrogens is 222 g/mol. The van der Waals surface area contributed by atoms with Crippen molar-refractivity contribution in [2.45, 2.75) is 45.6 Å². The maximum absolute atomic E-state index is 6.40. The first-order valence-corrected chi connectivity index (χ1v) is 7.22. The number of benzene rings is 1. The first-order chi connectivity index (χ1) is 8.74. The van der Waals surface area contributed by atoms with Crippen LogP contribution in [0.1, 0.15) is 51.1 Å². The second kappa shape index (κ2) is 6.24. The van der Waals surface area contributed by atoms with Crippen LogP contribution in [0.4, 0.5) is 0 Å². The summed E-state index contributed by atoms with van der Waals surface area (Å²) in [6.45, 7) is 5.00. The Labute approximate surface area is 111 Å². The zero-order valence-corrected chi connectivity index (χ0v) is 11.6. The van der Waals surface area contributed by atoms with E-state index in [2.05, 4.69) is 19.1 Å². The second-order valence-electron chi connectivity index (χ2n) is 5.38. The van der Waals surface area contributed by atoms with Gasteiger partial charge in [0.2, 0.25) is 0 Å². The Balaban J connectivity index is 1.98. The summed E-state index contributed by atoms with van der Waals surface area (Å²) in [6, 6.07) is 8.50. The zero-order chi connectivity index (χ0) is 13.0. The number of hydrogen-bond acceptors (Lipinski definition) is 2. The minimum atomic E-state index is 0.192. The molecule has 0 amide bonds. The molecule has 0 aliphatic heterocycles. The molecule has 3 unspecified atom stereocenters. The molecule has 2 rings (SSSR count). The lowest BCUT2D eigenvalue weighted by molar-refractivity contribution is 0.340. The van der Waals surface area contributed by atoms with Crippen LogP contribution >= 0.6 is 0 Å². The van der Waals surface area contributed by atoms with Crippen molar-refractivity contribution in [2.24, 2.45) is 17.6 Å². The first-order valence-electron chi connectivity index (χ1n) is 7.22. The third-order valence-electron chi connectivity index (χ3n) is 4.24. The number of ether oxygens (including phenoxy) is 1. The molecule has 1 aromatic rings. The van der Waals surface area contributed by atoms with Crippen molar-refractivity contribution in [3.05, 3.63) is 29.8 Å². The lowest BCUT2D eigenvalue weighted by Crippen LogP contribution is -2.19. The number of nitrogens with two attached hydrogens (primary N) is 1. The normalized spacial score (nSPS) is 25.1. The summed E-state index contributed by atoms with van der Waals surface area (Å²) in [6.07, 6.45) is 5.23. The van der Waals surface area contributed by atoms with Gasteiger partial charge in [-0.1, -0.05) is 31.9 Å². The van der Waals surface area contributed by atoms with Gasteiger partial charge < -0.3 is 10.5 Å². The van der Waals surface area contributed by atoms with Crippen molar-refractivity contribution in [1.82, 2.24) is 0 Å². The molecule has 1 aliphatic rings. The predicted molar refractivity (Wildman–Crippen MR) is 75.7 cm³/mol. The highest BCUT2D eigenvalue weighted by Gasteiger charge is 2.28. The molecule has 0 saturated heterocycles. The number of rotatable bonds is 5. The van der Waals surface area contributed by atoms with Gasteiger partial charge in [-0.25, -0.2) is 0 Å². The van der Waals surface area contributed by atoms with Gasteiger partial charge in [0.15, 0.2) is 0 Å². The van der Waals surface area contributed by atoms with Gasteiger partial charge in [-0.15, -0.1) is 0 Å². The van der Waals surface area contributed by atoms with E-state index >= 15 is 0 Å². The van der Waals surface area contributed by atoms with E-state index in [0.717, 1.165) is 11.7 Å². The van der Waals surface area contributed by atoms with E-state index in [1.807, 2.05) is 19.1 Å². The Morgan fingerprint density at radius 3 is 2.50 bits per heavy atom. The third-order valence-corrected chi connectivity index (χ3v) is 4.24.